The number of benzene rings is 2. The molecule has 0 radical (unpaired) electrons. The van der Waals surface area contributed by atoms with E-state index in [2.05, 4.69) is 34.3 Å². The normalized spacial score (nSPS) is 10.3. The van der Waals surface area contributed by atoms with Crippen molar-refractivity contribution >= 4 is 11.5 Å². The van der Waals surface area contributed by atoms with Gasteiger partial charge in [0.15, 0.2) is 0 Å². The average Bonchev–Trinajstić information content (AvgIpc) is 2.57. The molecule has 0 aliphatic carbocycles. The van der Waals surface area contributed by atoms with Crippen LogP contribution in [-0.2, 0) is 0 Å². The SMILES string of the molecule is COc1ccccc1-c1cc(Nc2ccc(C)cc2)ncn1. The molecule has 110 valence electrons. The maximum atomic E-state index is 5.39. The first-order chi connectivity index (χ1) is 10.8. The zero-order chi connectivity index (χ0) is 15.4. The highest BCUT2D eigenvalue weighted by atomic mass is 16.5. The molecule has 0 aliphatic heterocycles. The third-order valence-electron chi connectivity index (χ3n) is 3.37. The zero-order valence-electron chi connectivity index (χ0n) is 12.6. The van der Waals surface area contributed by atoms with Gasteiger partial charge in [-0.15, -0.1) is 0 Å². The molecule has 0 unspecified atom stereocenters. The molecule has 4 nitrogen and oxygen atoms in total. The van der Waals surface area contributed by atoms with Crippen LogP contribution in [-0.4, -0.2) is 17.1 Å². The Bertz CT molecular complexity index is 769. The predicted molar refractivity (Wildman–Crippen MR) is 88.5 cm³/mol. The number of anilines is 2. The van der Waals surface area contributed by atoms with Crippen molar-refractivity contribution in [1.82, 2.24) is 9.97 Å². The molecule has 0 aliphatic rings. The first-order valence-electron chi connectivity index (χ1n) is 7.05. The molecule has 3 rings (SSSR count). The van der Waals surface area contributed by atoms with Crippen molar-refractivity contribution in [2.24, 2.45) is 0 Å². The molecule has 0 fully saturated rings. The number of para-hydroxylation sites is 1. The molecule has 0 saturated carbocycles. The third kappa shape index (κ3) is 3.06. The van der Waals surface area contributed by atoms with Gasteiger partial charge in [-0.25, -0.2) is 9.97 Å². The fourth-order valence-corrected chi connectivity index (χ4v) is 2.21. The van der Waals surface area contributed by atoms with Gasteiger partial charge in [-0.3, -0.25) is 0 Å². The van der Waals surface area contributed by atoms with Gasteiger partial charge in [-0.05, 0) is 31.2 Å². The Labute approximate surface area is 129 Å². The van der Waals surface area contributed by atoms with Crippen LogP contribution in [0.3, 0.4) is 0 Å². The summed E-state index contributed by atoms with van der Waals surface area (Å²) in [5.74, 6) is 1.54. The Morgan fingerprint density at radius 3 is 2.50 bits per heavy atom. The minimum Gasteiger partial charge on any atom is -0.496 e. The summed E-state index contributed by atoms with van der Waals surface area (Å²) in [6, 6.07) is 17.9. The van der Waals surface area contributed by atoms with Crippen LogP contribution in [0.25, 0.3) is 11.3 Å². The van der Waals surface area contributed by atoms with Gasteiger partial charge in [0.2, 0.25) is 0 Å². The van der Waals surface area contributed by atoms with Crippen LogP contribution in [0.5, 0.6) is 5.75 Å². The van der Waals surface area contributed by atoms with Crippen LogP contribution in [0, 0.1) is 6.92 Å². The van der Waals surface area contributed by atoms with Crippen molar-refractivity contribution in [2.45, 2.75) is 6.92 Å². The van der Waals surface area contributed by atoms with Crippen molar-refractivity contribution in [3.63, 3.8) is 0 Å². The van der Waals surface area contributed by atoms with E-state index in [0.29, 0.717) is 0 Å². The molecular formula is C18H17N3O. The number of rotatable bonds is 4. The molecule has 4 heteroatoms. The number of methoxy groups -OCH3 is 1. The van der Waals surface area contributed by atoms with Crippen LogP contribution in [0.4, 0.5) is 11.5 Å². The van der Waals surface area contributed by atoms with E-state index in [0.717, 1.165) is 28.5 Å². The van der Waals surface area contributed by atoms with E-state index in [9.17, 15) is 0 Å². The van der Waals surface area contributed by atoms with Crippen LogP contribution >= 0.6 is 0 Å². The first-order valence-corrected chi connectivity index (χ1v) is 7.05. The Balaban J connectivity index is 1.91. The second-order valence-corrected chi connectivity index (χ2v) is 4.98. The van der Waals surface area contributed by atoms with Gasteiger partial charge >= 0.3 is 0 Å². The van der Waals surface area contributed by atoms with E-state index in [1.165, 1.54) is 5.56 Å². The van der Waals surface area contributed by atoms with Crippen molar-refractivity contribution in [1.29, 1.82) is 0 Å². The Morgan fingerprint density at radius 1 is 0.955 bits per heavy atom. The molecule has 1 N–H and O–H groups in total. The maximum Gasteiger partial charge on any atom is 0.134 e. The summed E-state index contributed by atoms with van der Waals surface area (Å²) in [5.41, 5.74) is 3.99. The van der Waals surface area contributed by atoms with Gasteiger partial charge in [0.25, 0.3) is 0 Å². The predicted octanol–water partition coefficient (Wildman–Crippen LogP) is 4.20. The highest BCUT2D eigenvalue weighted by molar-refractivity contribution is 5.70. The van der Waals surface area contributed by atoms with Crippen molar-refractivity contribution in [2.75, 3.05) is 12.4 Å². The second kappa shape index (κ2) is 6.26. The quantitative estimate of drug-likeness (QED) is 0.782. The minimum absolute atomic E-state index is 0.750. The molecule has 0 saturated heterocycles. The summed E-state index contributed by atoms with van der Waals surface area (Å²) in [7, 11) is 1.66. The molecular weight excluding hydrogens is 274 g/mol. The maximum absolute atomic E-state index is 5.39. The lowest BCUT2D eigenvalue weighted by Gasteiger charge is -2.10. The highest BCUT2D eigenvalue weighted by Gasteiger charge is 2.07. The Kier molecular flexibility index (Phi) is 4.01. The van der Waals surface area contributed by atoms with Gasteiger partial charge in [-0.2, -0.15) is 0 Å². The summed E-state index contributed by atoms with van der Waals surface area (Å²) < 4.78 is 5.39. The van der Waals surface area contributed by atoms with Crippen LogP contribution in [0.15, 0.2) is 60.9 Å². The molecule has 0 bridgehead atoms. The van der Waals surface area contributed by atoms with E-state index >= 15 is 0 Å². The van der Waals surface area contributed by atoms with Gasteiger partial charge in [0.1, 0.15) is 17.9 Å². The van der Waals surface area contributed by atoms with E-state index in [4.69, 9.17) is 4.74 Å². The Morgan fingerprint density at radius 2 is 1.73 bits per heavy atom. The smallest absolute Gasteiger partial charge is 0.134 e. The minimum atomic E-state index is 0.750. The van der Waals surface area contributed by atoms with E-state index < -0.39 is 0 Å². The molecule has 3 aromatic rings. The number of hydrogen-bond donors (Lipinski definition) is 1. The van der Waals surface area contributed by atoms with Crippen molar-refractivity contribution < 1.29 is 4.74 Å². The monoisotopic (exact) mass is 291 g/mol. The van der Waals surface area contributed by atoms with Gasteiger partial charge in [-0.1, -0.05) is 29.8 Å². The Hall–Kier alpha value is -2.88. The fourth-order valence-electron chi connectivity index (χ4n) is 2.21. The largest absolute Gasteiger partial charge is 0.496 e. The molecule has 0 spiro atoms. The van der Waals surface area contributed by atoms with Gasteiger partial charge < -0.3 is 10.1 Å². The molecule has 0 atom stereocenters. The van der Waals surface area contributed by atoms with Gasteiger partial charge in [0.05, 0.1) is 12.8 Å². The number of ether oxygens (including phenoxy) is 1. The van der Waals surface area contributed by atoms with E-state index in [-0.39, 0.29) is 0 Å². The number of nitrogens with zero attached hydrogens (tertiary/aromatic N) is 2. The number of hydrogen-bond acceptors (Lipinski definition) is 4. The fraction of sp³-hybridized carbons (Fsp3) is 0.111. The third-order valence-corrected chi connectivity index (χ3v) is 3.37. The zero-order valence-corrected chi connectivity index (χ0v) is 12.6. The molecule has 22 heavy (non-hydrogen) atoms. The lowest BCUT2D eigenvalue weighted by Crippen LogP contribution is -1.96. The van der Waals surface area contributed by atoms with Crippen molar-refractivity contribution in [3.8, 4) is 17.0 Å². The first kappa shape index (κ1) is 14.1. The summed E-state index contributed by atoms with van der Waals surface area (Å²) in [6.07, 6.45) is 1.55. The standard InChI is InChI=1S/C18H17N3O/c1-13-7-9-14(10-8-13)21-18-11-16(19-12-20-18)15-5-3-4-6-17(15)22-2/h3-12H,1-2H3,(H,19,20,21). The van der Waals surface area contributed by atoms with Crippen molar-refractivity contribution in [3.05, 3.63) is 66.5 Å². The molecule has 2 aromatic carbocycles. The lowest BCUT2D eigenvalue weighted by molar-refractivity contribution is 0.416. The summed E-state index contributed by atoms with van der Waals surface area (Å²) in [4.78, 5) is 8.62. The highest BCUT2D eigenvalue weighted by Crippen LogP contribution is 2.29. The molecule has 1 aromatic heterocycles. The van der Waals surface area contributed by atoms with Gasteiger partial charge in [0, 0.05) is 17.3 Å². The number of nitrogens with one attached hydrogen (secondary N) is 1. The summed E-state index contributed by atoms with van der Waals surface area (Å²) in [6.45, 7) is 2.06. The van der Waals surface area contributed by atoms with Crippen LogP contribution in [0.2, 0.25) is 0 Å². The van der Waals surface area contributed by atoms with Crippen LogP contribution in [0.1, 0.15) is 5.56 Å². The molecule has 0 amide bonds. The average molecular weight is 291 g/mol. The van der Waals surface area contributed by atoms with Crippen LogP contribution < -0.4 is 10.1 Å². The topological polar surface area (TPSA) is 47.0 Å². The van der Waals surface area contributed by atoms with E-state index in [1.807, 2.05) is 42.5 Å². The lowest BCUT2D eigenvalue weighted by atomic mass is 10.1. The number of aryl methyl sites for hydroxylation is 1. The van der Waals surface area contributed by atoms with E-state index in [1.54, 1.807) is 13.4 Å². The molecule has 1 heterocycles. The summed E-state index contributed by atoms with van der Waals surface area (Å²) >= 11 is 0. The summed E-state index contributed by atoms with van der Waals surface area (Å²) in [5, 5.41) is 3.29. The second-order valence-electron chi connectivity index (χ2n) is 4.98. The number of aromatic nitrogens is 2.